The lowest BCUT2D eigenvalue weighted by Gasteiger charge is -2.14. The normalized spacial score (nSPS) is 17.7. The van der Waals surface area contributed by atoms with Crippen molar-refractivity contribution in [3.8, 4) is 11.5 Å². The molecular weight excluding hydrogens is 332 g/mol. The van der Waals surface area contributed by atoms with Crippen LogP contribution in [-0.4, -0.2) is 35.0 Å². The van der Waals surface area contributed by atoms with Crippen LogP contribution in [0.2, 0.25) is 0 Å². The van der Waals surface area contributed by atoms with E-state index >= 15 is 0 Å². The van der Waals surface area contributed by atoms with Gasteiger partial charge in [-0.1, -0.05) is 17.7 Å². The van der Waals surface area contributed by atoms with Crippen LogP contribution in [0.4, 0.5) is 0 Å². The standard InChI is InChI=1S/C19H26N4OS/c1-3-20-19(22-12-17-5-4-10-25-17)21-11-16-13-24-18(23-16)15-8-6-14(2)7-9-15/h6-9,13,17H,3-5,10-12H2,1-2H3,(H2,20,21,22). The Balaban J connectivity index is 1.59. The lowest BCUT2D eigenvalue weighted by Crippen LogP contribution is -2.40. The van der Waals surface area contributed by atoms with Gasteiger partial charge in [0.15, 0.2) is 5.96 Å². The van der Waals surface area contributed by atoms with Crippen LogP contribution in [-0.2, 0) is 6.54 Å². The second-order valence-corrected chi connectivity index (χ2v) is 7.63. The van der Waals surface area contributed by atoms with E-state index < -0.39 is 0 Å². The van der Waals surface area contributed by atoms with Crippen LogP contribution in [0.15, 0.2) is 39.9 Å². The minimum atomic E-state index is 0.502. The van der Waals surface area contributed by atoms with E-state index in [-0.39, 0.29) is 0 Å². The molecule has 2 aromatic rings. The van der Waals surface area contributed by atoms with Crippen molar-refractivity contribution in [1.82, 2.24) is 15.6 Å². The van der Waals surface area contributed by atoms with Crippen molar-refractivity contribution in [3.05, 3.63) is 41.8 Å². The first-order valence-corrected chi connectivity index (χ1v) is 9.94. The molecule has 0 spiro atoms. The maximum Gasteiger partial charge on any atom is 0.226 e. The van der Waals surface area contributed by atoms with Crippen molar-refractivity contribution in [1.29, 1.82) is 0 Å². The van der Waals surface area contributed by atoms with Crippen molar-refractivity contribution in [3.63, 3.8) is 0 Å². The molecule has 1 aliphatic heterocycles. The number of aryl methyl sites for hydroxylation is 1. The van der Waals surface area contributed by atoms with E-state index in [4.69, 9.17) is 4.42 Å². The fourth-order valence-corrected chi connectivity index (χ4v) is 3.93. The molecule has 2 heterocycles. The van der Waals surface area contributed by atoms with Gasteiger partial charge in [-0.05, 0) is 44.6 Å². The second kappa shape index (κ2) is 8.94. The van der Waals surface area contributed by atoms with E-state index in [1.807, 2.05) is 23.9 Å². The van der Waals surface area contributed by atoms with Crippen molar-refractivity contribution in [2.45, 2.75) is 38.5 Å². The highest BCUT2D eigenvalue weighted by molar-refractivity contribution is 8.00. The second-order valence-electron chi connectivity index (χ2n) is 6.22. The van der Waals surface area contributed by atoms with Crippen LogP contribution >= 0.6 is 11.8 Å². The molecule has 3 rings (SSSR count). The van der Waals surface area contributed by atoms with Crippen molar-refractivity contribution >= 4 is 17.7 Å². The molecule has 0 aliphatic carbocycles. The Labute approximate surface area is 153 Å². The summed E-state index contributed by atoms with van der Waals surface area (Å²) in [6, 6.07) is 8.18. The average molecular weight is 359 g/mol. The Morgan fingerprint density at radius 1 is 1.32 bits per heavy atom. The topological polar surface area (TPSA) is 62.5 Å². The Kier molecular flexibility index (Phi) is 6.39. The average Bonchev–Trinajstić information content (AvgIpc) is 3.30. The molecule has 1 aromatic carbocycles. The lowest BCUT2D eigenvalue weighted by atomic mass is 10.1. The van der Waals surface area contributed by atoms with E-state index in [1.165, 1.54) is 24.2 Å². The van der Waals surface area contributed by atoms with E-state index in [2.05, 4.69) is 46.6 Å². The number of hydrogen-bond donors (Lipinski definition) is 2. The van der Waals surface area contributed by atoms with Crippen molar-refractivity contribution < 1.29 is 4.42 Å². The number of oxazole rings is 1. The highest BCUT2D eigenvalue weighted by Crippen LogP contribution is 2.25. The maximum absolute atomic E-state index is 5.60. The summed E-state index contributed by atoms with van der Waals surface area (Å²) in [6.45, 7) is 6.45. The van der Waals surface area contributed by atoms with Gasteiger partial charge in [-0.2, -0.15) is 11.8 Å². The van der Waals surface area contributed by atoms with Gasteiger partial charge in [0.1, 0.15) is 12.0 Å². The number of aliphatic imine (C=N–C) groups is 1. The highest BCUT2D eigenvalue weighted by Gasteiger charge is 2.15. The zero-order valence-corrected chi connectivity index (χ0v) is 15.7. The van der Waals surface area contributed by atoms with Gasteiger partial charge in [0.05, 0.1) is 6.54 Å². The Morgan fingerprint density at radius 2 is 2.16 bits per heavy atom. The third-order valence-corrected chi connectivity index (χ3v) is 5.51. The summed E-state index contributed by atoms with van der Waals surface area (Å²) in [7, 11) is 0. The monoisotopic (exact) mass is 358 g/mol. The van der Waals surface area contributed by atoms with E-state index in [1.54, 1.807) is 6.26 Å². The Morgan fingerprint density at radius 3 is 2.88 bits per heavy atom. The zero-order chi connectivity index (χ0) is 17.5. The van der Waals surface area contributed by atoms with Crippen LogP contribution in [0, 0.1) is 6.92 Å². The van der Waals surface area contributed by atoms with Gasteiger partial charge in [-0.3, -0.25) is 0 Å². The first-order valence-electron chi connectivity index (χ1n) is 8.90. The molecule has 6 heteroatoms. The quantitative estimate of drug-likeness (QED) is 0.610. The van der Waals surface area contributed by atoms with Gasteiger partial charge in [0.2, 0.25) is 5.89 Å². The molecule has 5 nitrogen and oxygen atoms in total. The molecule has 1 atom stereocenters. The summed E-state index contributed by atoms with van der Waals surface area (Å²) in [5.41, 5.74) is 3.05. The van der Waals surface area contributed by atoms with Gasteiger partial charge in [-0.25, -0.2) is 9.98 Å². The SMILES string of the molecule is CCNC(=NCc1coc(-c2ccc(C)cc2)n1)NCC1CCCS1. The number of guanidine groups is 1. The van der Waals surface area contributed by atoms with Crippen LogP contribution < -0.4 is 10.6 Å². The number of thioether (sulfide) groups is 1. The van der Waals surface area contributed by atoms with Crippen molar-refractivity contribution in [2.24, 2.45) is 4.99 Å². The summed E-state index contributed by atoms with van der Waals surface area (Å²) in [5.74, 6) is 2.77. The molecule has 0 radical (unpaired) electrons. The molecule has 0 saturated carbocycles. The summed E-state index contributed by atoms with van der Waals surface area (Å²) in [4.78, 5) is 9.17. The third kappa shape index (κ3) is 5.26. The first-order chi connectivity index (χ1) is 12.2. The largest absolute Gasteiger partial charge is 0.444 e. The number of rotatable bonds is 6. The molecule has 2 N–H and O–H groups in total. The van der Waals surface area contributed by atoms with Crippen LogP contribution in [0.3, 0.4) is 0 Å². The number of benzene rings is 1. The van der Waals surface area contributed by atoms with E-state index in [0.29, 0.717) is 17.7 Å². The predicted molar refractivity (Wildman–Crippen MR) is 105 cm³/mol. The number of aromatic nitrogens is 1. The smallest absolute Gasteiger partial charge is 0.226 e. The number of nitrogens with one attached hydrogen (secondary N) is 2. The van der Waals surface area contributed by atoms with Crippen LogP contribution in [0.25, 0.3) is 11.5 Å². The zero-order valence-electron chi connectivity index (χ0n) is 14.9. The maximum atomic E-state index is 5.60. The summed E-state index contributed by atoms with van der Waals surface area (Å²) < 4.78 is 5.60. The van der Waals surface area contributed by atoms with Crippen molar-refractivity contribution in [2.75, 3.05) is 18.8 Å². The summed E-state index contributed by atoms with van der Waals surface area (Å²) >= 11 is 2.05. The third-order valence-electron chi connectivity index (χ3n) is 4.11. The summed E-state index contributed by atoms with van der Waals surface area (Å²) in [6.07, 6.45) is 4.31. The molecule has 0 amide bonds. The molecule has 1 aliphatic rings. The van der Waals surface area contributed by atoms with Crippen LogP contribution in [0.1, 0.15) is 31.0 Å². The fraction of sp³-hybridized carbons (Fsp3) is 0.474. The Bertz CT molecular complexity index is 690. The Hall–Kier alpha value is -1.95. The molecule has 0 bridgehead atoms. The highest BCUT2D eigenvalue weighted by atomic mass is 32.2. The molecular formula is C19H26N4OS. The van der Waals surface area contributed by atoms with Gasteiger partial charge in [-0.15, -0.1) is 0 Å². The van der Waals surface area contributed by atoms with Gasteiger partial charge in [0, 0.05) is 23.9 Å². The molecule has 25 heavy (non-hydrogen) atoms. The molecule has 1 unspecified atom stereocenters. The minimum Gasteiger partial charge on any atom is -0.444 e. The molecule has 1 fully saturated rings. The predicted octanol–water partition coefficient (Wildman–Crippen LogP) is 3.60. The van der Waals surface area contributed by atoms with Gasteiger partial charge >= 0.3 is 0 Å². The first kappa shape index (κ1) is 17.9. The van der Waals surface area contributed by atoms with Gasteiger partial charge < -0.3 is 15.1 Å². The fourth-order valence-electron chi connectivity index (χ4n) is 2.73. The lowest BCUT2D eigenvalue weighted by molar-refractivity contribution is 0.572. The number of nitrogens with zero attached hydrogens (tertiary/aromatic N) is 2. The van der Waals surface area contributed by atoms with Gasteiger partial charge in [0.25, 0.3) is 0 Å². The molecule has 1 aromatic heterocycles. The molecule has 1 saturated heterocycles. The van der Waals surface area contributed by atoms with E-state index in [0.717, 1.165) is 30.3 Å². The number of hydrogen-bond acceptors (Lipinski definition) is 4. The summed E-state index contributed by atoms with van der Waals surface area (Å²) in [5, 5.41) is 7.43. The van der Waals surface area contributed by atoms with E-state index in [9.17, 15) is 0 Å². The minimum absolute atomic E-state index is 0.502. The van der Waals surface area contributed by atoms with Crippen LogP contribution in [0.5, 0.6) is 0 Å². The molecule has 134 valence electrons.